The average Bonchev–Trinajstić information content (AvgIpc) is 3.08. The van der Waals surface area contributed by atoms with Gasteiger partial charge in [0.05, 0.1) is 17.2 Å². The second-order valence-corrected chi connectivity index (χ2v) is 6.34. The Morgan fingerprint density at radius 1 is 1.59 bits per heavy atom. The van der Waals surface area contributed by atoms with Crippen LogP contribution in [0.15, 0.2) is 11.4 Å². The van der Waals surface area contributed by atoms with Gasteiger partial charge in [-0.1, -0.05) is 0 Å². The molecular weight excluding hydrogens is 326 g/mol. The summed E-state index contributed by atoms with van der Waals surface area (Å²) < 4.78 is 5.01. The van der Waals surface area contributed by atoms with Crippen LogP contribution in [0.3, 0.4) is 0 Å². The normalized spacial score (nSPS) is 15.3. The lowest BCUT2D eigenvalue weighted by molar-refractivity contribution is -0.155. The molecule has 1 saturated heterocycles. The zero-order valence-electron chi connectivity index (χ0n) is 11.7. The smallest absolute Gasteiger partial charge is 0.326 e. The standard InChI is InChI=1S/C13H13N3O4S2/c1-8(12(19)15-13-9(4-14)2-3-22-13)20-11(18)5-16-7-21-6-10(16)17/h2-3,8H,5-7H2,1H3,(H,15,19)/t8-/m0/s1. The highest BCUT2D eigenvalue weighted by Crippen LogP contribution is 2.22. The van der Waals surface area contributed by atoms with Gasteiger partial charge in [0.15, 0.2) is 6.10 Å². The Balaban J connectivity index is 1.84. The Hall–Kier alpha value is -2.05. The zero-order chi connectivity index (χ0) is 16.1. The van der Waals surface area contributed by atoms with Crippen LogP contribution in [0, 0.1) is 11.3 Å². The van der Waals surface area contributed by atoms with E-state index < -0.39 is 18.0 Å². The predicted octanol–water partition coefficient (Wildman–Crippen LogP) is 1.02. The number of carbonyl (C=O) groups excluding carboxylic acids is 3. The highest BCUT2D eigenvalue weighted by Gasteiger charge is 2.26. The van der Waals surface area contributed by atoms with Gasteiger partial charge >= 0.3 is 5.97 Å². The van der Waals surface area contributed by atoms with Crippen molar-refractivity contribution in [2.45, 2.75) is 13.0 Å². The van der Waals surface area contributed by atoms with Crippen molar-refractivity contribution in [1.29, 1.82) is 5.26 Å². The molecule has 1 fully saturated rings. The minimum absolute atomic E-state index is 0.115. The van der Waals surface area contributed by atoms with Gasteiger partial charge in [-0.2, -0.15) is 5.26 Å². The highest BCUT2D eigenvalue weighted by molar-refractivity contribution is 8.00. The van der Waals surface area contributed by atoms with Gasteiger partial charge in [0.1, 0.15) is 17.6 Å². The molecule has 116 valence electrons. The van der Waals surface area contributed by atoms with Gasteiger partial charge in [0.25, 0.3) is 5.91 Å². The molecule has 1 aliphatic heterocycles. The maximum atomic E-state index is 11.9. The summed E-state index contributed by atoms with van der Waals surface area (Å²) in [5.74, 6) is -0.454. The van der Waals surface area contributed by atoms with E-state index in [-0.39, 0.29) is 12.5 Å². The first-order valence-electron chi connectivity index (χ1n) is 6.34. The summed E-state index contributed by atoms with van der Waals surface area (Å²) in [7, 11) is 0. The molecule has 2 heterocycles. The van der Waals surface area contributed by atoms with E-state index in [9.17, 15) is 14.4 Å². The maximum absolute atomic E-state index is 11.9. The minimum atomic E-state index is -1.01. The van der Waals surface area contributed by atoms with Gasteiger partial charge < -0.3 is 15.0 Å². The molecule has 1 N–H and O–H groups in total. The highest BCUT2D eigenvalue weighted by atomic mass is 32.2. The number of rotatable bonds is 5. The average molecular weight is 339 g/mol. The Kier molecular flexibility index (Phi) is 5.41. The fraction of sp³-hybridized carbons (Fsp3) is 0.385. The molecule has 0 bridgehead atoms. The van der Waals surface area contributed by atoms with E-state index in [2.05, 4.69) is 5.32 Å². The van der Waals surface area contributed by atoms with Crippen molar-refractivity contribution in [2.24, 2.45) is 0 Å². The number of carbonyl (C=O) groups is 3. The fourth-order valence-electron chi connectivity index (χ4n) is 1.69. The number of anilines is 1. The van der Waals surface area contributed by atoms with Crippen molar-refractivity contribution in [3.05, 3.63) is 17.0 Å². The molecule has 1 aromatic rings. The molecular formula is C13H13N3O4S2. The van der Waals surface area contributed by atoms with Gasteiger partial charge in [-0.15, -0.1) is 23.1 Å². The van der Waals surface area contributed by atoms with Crippen LogP contribution in [0.1, 0.15) is 12.5 Å². The minimum Gasteiger partial charge on any atom is -0.451 e. The third kappa shape index (κ3) is 3.99. The molecule has 22 heavy (non-hydrogen) atoms. The number of nitrogens with zero attached hydrogens (tertiary/aromatic N) is 2. The van der Waals surface area contributed by atoms with Crippen molar-refractivity contribution in [2.75, 3.05) is 23.5 Å². The van der Waals surface area contributed by atoms with Gasteiger partial charge in [-0.3, -0.25) is 14.4 Å². The number of esters is 1. The van der Waals surface area contributed by atoms with Crippen molar-refractivity contribution in [3.8, 4) is 6.07 Å². The zero-order valence-corrected chi connectivity index (χ0v) is 13.3. The Morgan fingerprint density at radius 3 is 3.00 bits per heavy atom. The third-order valence-electron chi connectivity index (χ3n) is 2.85. The third-order valence-corrected chi connectivity index (χ3v) is 4.62. The summed E-state index contributed by atoms with van der Waals surface area (Å²) in [6.07, 6.45) is -1.01. The van der Waals surface area contributed by atoms with Crippen LogP contribution in [-0.4, -0.2) is 47.0 Å². The largest absolute Gasteiger partial charge is 0.451 e. The van der Waals surface area contributed by atoms with Gasteiger partial charge in [-0.25, -0.2) is 0 Å². The van der Waals surface area contributed by atoms with Crippen LogP contribution in [0.4, 0.5) is 5.00 Å². The van der Waals surface area contributed by atoms with E-state index in [4.69, 9.17) is 10.00 Å². The number of amides is 2. The molecule has 0 radical (unpaired) electrons. The van der Waals surface area contributed by atoms with Crippen molar-refractivity contribution >= 4 is 45.9 Å². The molecule has 7 nitrogen and oxygen atoms in total. The fourth-order valence-corrected chi connectivity index (χ4v) is 3.34. The van der Waals surface area contributed by atoms with Crippen LogP contribution in [0.2, 0.25) is 0 Å². The van der Waals surface area contributed by atoms with Crippen molar-refractivity contribution in [3.63, 3.8) is 0 Å². The number of thiophene rings is 1. The van der Waals surface area contributed by atoms with Gasteiger partial charge in [-0.05, 0) is 18.4 Å². The SMILES string of the molecule is C[C@H](OC(=O)CN1CSCC1=O)C(=O)Nc1sccc1C#N. The second-order valence-electron chi connectivity index (χ2n) is 4.47. The number of thioether (sulfide) groups is 1. The van der Waals surface area contributed by atoms with E-state index in [1.165, 1.54) is 34.9 Å². The molecule has 2 rings (SSSR count). The lowest BCUT2D eigenvalue weighted by atomic mass is 10.3. The number of nitrogens with one attached hydrogen (secondary N) is 1. The Bertz CT molecular complexity index is 637. The molecule has 0 spiro atoms. The molecule has 2 amide bonds. The Morgan fingerprint density at radius 2 is 2.36 bits per heavy atom. The monoisotopic (exact) mass is 339 g/mol. The quantitative estimate of drug-likeness (QED) is 0.804. The van der Waals surface area contributed by atoms with Crippen LogP contribution < -0.4 is 5.32 Å². The summed E-state index contributed by atoms with van der Waals surface area (Å²) in [6.45, 7) is 1.28. The number of hydrogen-bond donors (Lipinski definition) is 1. The molecule has 0 aromatic carbocycles. The lowest BCUT2D eigenvalue weighted by Crippen LogP contribution is -2.36. The molecule has 1 aliphatic rings. The van der Waals surface area contributed by atoms with E-state index in [0.717, 1.165) is 0 Å². The summed E-state index contributed by atoms with van der Waals surface area (Å²) >= 11 is 2.64. The number of nitriles is 1. The van der Waals surface area contributed by atoms with E-state index >= 15 is 0 Å². The van der Waals surface area contributed by atoms with Crippen LogP contribution in [-0.2, 0) is 19.1 Å². The van der Waals surface area contributed by atoms with E-state index in [0.29, 0.717) is 22.2 Å². The summed E-state index contributed by atoms with van der Waals surface area (Å²) in [6, 6.07) is 3.55. The summed E-state index contributed by atoms with van der Waals surface area (Å²) in [5, 5.41) is 13.5. The van der Waals surface area contributed by atoms with Gasteiger partial charge in [0, 0.05) is 0 Å². The summed E-state index contributed by atoms with van der Waals surface area (Å²) in [4.78, 5) is 36.4. The van der Waals surface area contributed by atoms with Crippen molar-refractivity contribution < 1.29 is 19.1 Å². The van der Waals surface area contributed by atoms with E-state index in [1.54, 1.807) is 11.4 Å². The molecule has 1 atom stereocenters. The Labute approximate surface area is 135 Å². The topological polar surface area (TPSA) is 99.5 Å². The number of hydrogen-bond acceptors (Lipinski definition) is 7. The molecule has 0 unspecified atom stereocenters. The predicted molar refractivity (Wildman–Crippen MR) is 82.3 cm³/mol. The van der Waals surface area contributed by atoms with E-state index in [1.807, 2.05) is 6.07 Å². The molecule has 1 aromatic heterocycles. The van der Waals surface area contributed by atoms with Crippen molar-refractivity contribution in [1.82, 2.24) is 4.90 Å². The molecule has 0 aliphatic carbocycles. The maximum Gasteiger partial charge on any atom is 0.326 e. The van der Waals surface area contributed by atoms with Crippen LogP contribution in [0.25, 0.3) is 0 Å². The first-order chi connectivity index (χ1) is 10.5. The molecule has 9 heteroatoms. The number of ether oxygens (including phenoxy) is 1. The van der Waals surface area contributed by atoms with Crippen LogP contribution >= 0.6 is 23.1 Å². The first-order valence-corrected chi connectivity index (χ1v) is 8.38. The first kappa shape index (κ1) is 16.3. The van der Waals surface area contributed by atoms with Gasteiger partial charge in [0.2, 0.25) is 5.91 Å². The summed E-state index contributed by atoms with van der Waals surface area (Å²) in [5.41, 5.74) is 0.358. The second kappa shape index (κ2) is 7.29. The van der Waals surface area contributed by atoms with Crippen LogP contribution in [0.5, 0.6) is 0 Å². The lowest BCUT2D eigenvalue weighted by Gasteiger charge is -2.16. The molecule has 0 saturated carbocycles.